The summed E-state index contributed by atoms with van der Waals surface area (Å²) in [6.07, 6.45) is 6.42. The number of allylic oxidation sites excluding steroid dienone is 6. The van der Waals surface area contributed by atoms with Crippen molar-refractivity contribution in [3.8, 4) is 0 Å². The molecule has 4 nitrogen and oxygen atoms in total. The minimum atomic E-state index is -1.07. The highest BCUT2D eigenvalue weighted by molar-refractivity contribution is 5.94. The van der Waals surface area contributed by atoms with E-state index in [0.29, 0.717) is 17.7 Å². The lowest BCUT2D eigenvalue weighted by molar-refractivity contribution is -0.132. The molecule has 1 heterocycles. The molecule has 0 bridgehead atoms. The molecule has 4 heteroatoms. The van der Waals surface area contributed by atoms with Crippen LogP contribution in [0.25, 0.3) is 10.9 Å². The summed E-state index contributed by atoms with van der Waals surface area (Å²) in [6.45, 7) is 24.3. The number of hydrogen-bond acceptors (Lipinski definition) is 2. The second-order valence-electron chi connectivity index (χ2n) is 8.37. The van der Waals surface area contributed by atoms with Gasteiger partial charge in [0.05, 0.1) is 5.57 Å². The largest absolute Gasteiger partial charge is 0.478 e. The fourth-order valence-corrected chi connectivity index (χ4v) is 3.42. The number of nitrogens with zero attached hydrogens (tertiary/aromatic N) is 1. The smallest absolute Gasteiger partial charge is 0.336 e. The maximum Gasteiger partial charge on any atom is 0.336 e. The Kier molecular flexibility index (Phi) is 7.09. The van der Waals surface area contributed by atoms with Crippen molar-refractivity contribution >= 4 is 16.9 Å². The fourth-order valence-electron chi connectivity index (χ4n) is 3.42. The molecule has 0 unspecified atom stereocenters. The molecule has 31 heavy (non-hydrogen) atoms. The standard InChI is InChI=1S/C27H32N2O2/c1-9-10-23(26(30)31)19(4)18(3)12-11-17(2)16-29-21(6)20(5)24-15-22(27(7,8)28)13-14-25(24)29/h9-15H,1-4,16,28H2,5-8H3,(H,30,31)/b12-11-,23-10+. The summed E-state index contributed by atoms with van der Waals surface area (Å²) in [4.78, 5) is 11.4. The van der Waals surface area contributed by atoms with Crippen LogP contribution in [0.3, 0.4) is 0 Å². The third-order valence-electron chi connectivity index (χ3n) is 5.49. The van der Waals surface area contributed by atoms with Crippen LogP contribution in [0.2, 0.25) is 0 Å². The summed E-state index contributed by atoms with van der Waals surface area (Å²) in [6, 6.07) is 6.34. The van der Waals surface area contributed by atoms with Gasteiger partial charge in [0.1, 0.15) is 0 Å². The molecule has 0 aliphatic heterocycles. The molecule has 0 spiro atoms. The van der Waals surface area contributed by atoms with Crippen molar-refractivity contribution in [3.63, 3.8) is 0 Å². The lowest BCUT2D eigenvalue weighted by Gasteiger charge is -2.19. The van der Waals surface area contributed by atoms with Crippen molar-refractivity contribution in [3.05, 3.63) is 108 Å². The summed E-state index contributed by atoms with van der Waals surface area (Å²) in [7, 11) is 0. The summed E-state index contributed by atoms with van der Waals surface area (Å²) < 4.78 is 2.22. The van der Waals surface area contributed by atoms with Gasteiger partial charge >= 0.3 is 5.97 Å². The topological polar surface area (TPSA) is 68.2 Å². The van der Waals surface area contributed by atoms with E-state index in [1.54, 1.807) is 6.08 Å². The Balaban J connectivity index is 2.28. The predicted octanol–water partition coefficient (Wildman–Crippen LogP) is 5.87. The molecule has 162 valence electrons. The van der Waals surface area contributed by atoms with Crippen molar-refractivity contribution in [1.82, 2.24) is 4.57 Å². The SMILES string of the molecule is C=C/C=C(\C(=C)C(=C)/C=C\C(=C)Cn1c(C)c(C)c2cc(C(C)(C)N)ccc21)C(=O)O. The number of nitrogens with two attached hydrogens (primary N) is 1. The Hall–Kier alpha value is -3.37. The first-order valence-electron chi connectivity index (χ1n) is 10.1. The van der Waals surface area contributed by atoms with E-state index in [4.69, 9.17) is 5.73 Å². The van der Waals surface area contributed by atoms with Crippen LogP contribution in [0.1, 0.15) is 30.7 Å². The normalized spacial score (nSPS) is 12.4. The van der Waals surface area contributed by atoms with Crippen LogP contribution in [-0.2, 0) is 16.9 Å². The highest BCUT2D eigenvalue weighted by Gasteiger charge is 2.18. The number of aromatic nitrogens is 1. The molecular formula is C27H32N2O2. The number of aliphatic carboxylic acids is 1. The van der Waals surface area contributed by atoms with Gasteiger partial charge in [-0.05, 0) is 73.7 Å². The lowest BCUT2D eigenvalue weighted by Crippen LogP contribution is -2.28. The summed E-state index contributed by atoms with van der Waals surface area (Å²) >= 11 is 0. The first-order chi connectivity index (χ1) is 14.4. The number of aryl methyl sites for hydroxylation is 1. The molecule has 0 saturated carbocycles. The van der Waals surface area contributed by atoms with Crippen LogP contribution in [-0.4, -0.2) is 15.6 Å². The quantitative estimate of drug-likeness (QED) is 0.396. The van der Waals surface area contributed by atoms with Gasteiger partial charge in [-0.1, -0.05) is 50.6 Å². The lowest BCUT2D eigenvalue weighted by atomic mass is 9.94. The first-order valence-corrected chi connectivity index (χ1v) is 10.1. The van der Waals surface area contributed by atoms with Crippen LogP contribution in [0, 0.1) is 13.8 Å². The number of carboxylic acids is 1. The van der Waals surface area contributed by atoms with E-state index in [1.165, 1.54) is 28.8 Å². The van der Waals surface area contributed by atoms with Crippen molar-refractivity contribution in [2.24, 2.45) is 5.73 Å². The van der Waals surface area contributed by atoms with Crippen molar-refractivity contribution < 1.29 is 9.90 Å². The third kappa shape index (κ3) is 5.22. The van der Waals surface area contributed by atoms with Gasteiger partial charge in [-0.25, -0.2) is 4.79 Å². The monoisotopic (exact) mass is 416 g/mol. The Labute approximate surface area is 185 Å². The van der Waals surface area contributed by atoms with E-state index in [-0.39, 0.29) is 5.57 Å². The molecule has 1 aromatic heterocycles. The van der Waals surface area contributed by atoms with E-state index in [2.05, 4.69) is 62.9 Å². The highest BCUT2D eigenvalue weighted by Crippen LogP contribution is 2.30. The Bertz CT molecular complexity index is 1150. The number of benzene rings is 1. The molecular weight excluding hydrogens is 384 g/mol. The third-order valence-corrected chi connectivity index (χ3v) is 5.49. The van der Waals surface area contributed by atoms with E-state index in [1.807, 2.05) is 19.9 Å². The van der Waals surface area contributed by atoms with E-state index in [9.17, 15) is 9.90 Å². The zero-order chi connectivity index (χ0) is 23.5. The van der Waals surface area contributed by atoms with Gasteiger partial charge in [0.25, 0.3) is 0 Å². The zero-order valence-corrected chi connectivity index (χ0v) is 19.0. The van der Waals surface area contributed by atoms with Gasteiger partial charge in [0.15, 0.2) is 0 Å². The maximum atomic E-state index is 11.4. The zero-order valence-electron chi connectivity index (χ0n) is 19.0. The molecule has 2 aromatic rings. The minimum Gasteiger partial charge on any atom is -0.478 e. The highest BCUT2D eigenvalue weighted by atomic mass is 16.4. The van der Waals surface area contributed by atoms with Crippen LogP contribution in [0.4, 0.5) is 0 Å². The average Bonchev–Trinajstić information content (AvgIpc) is 2.93. The van der Waals surface area contributed by atoms with Gasteiger partial charge in [-0.15, -0.1) is 0 Å². The maximum absolute atomic E-state index is 11.4. The number of rotatable bonds is 9. The molecule has 0 saturated heterocycles. The second kappa shape index (κ2) is 9.19. The molecule has 0 amide bonds. The molecule has 1 aromatic carbocycles. The summed E-state index contributed by atoms with van der Waals surface area (Å²) in [5.74, 6) is -1.07. The van der Waals surface area contributed by atoms with Crippen molar-refractivity contribution in [1.29, 1.82) is 0 Å². The first kappa shape index (κ1) is 23.9. The van der Waals surface area contributed by atoms with Crippen LogP contribution in [0.15, 0.2) is 91.1 Å². The molecule has 0 fully saturated rings. The Morgan fingerprint density at radius 3 is 2.39 bits per heavy atom. The Morgan fingerprint density at radius 2 is 1.84 bits per heavy atom. The van der Waals surface area contributed by atoms with Crippen LogP contribution >= 0.6 is 0 Å². The van der Waals surface area contributed by atoms with E-state index >= 15 is 0 Å². The number of hydrogen-bond donors (Lipinski definition) is 2. The number of carbonyl (C=O) groups is 1. The fraction of sp³-hybridized carbons (Fsp3) is 0.222. The summed E-state index contributed by atoms with van der Waals surface area (Å²) in [5.41, 5.74) is 12.3. The average molecular weight is 417 g/mol. The molecule has 2 rings (SSSR count). The second-order valence-corrected chi connectivity index (χ2v) is 8.37. The van der Waals surface area contributed by atoms with Gasteiger partial charge in [-0.2, -0.15) is 0 Å². The minimum absolute atomic E-state index is 0.0665. The van der Waals surface area contributed by atoms with E-state index in [0.717, 1.165) is 16.7 Å². The summed E-state index contributed by atoms with van der Waals surface area (Å²) in [5, 5.41) is 10.5. The molecule has 0 aliphatic rings. The van der Waals surface area contributed by atoms with Gasteiger partial charge < -0.3 is 15.4 Å². The molecule has 3 N–H and O–H groups in total. The Morgan fingerprint density at radius 1 is 1.19 bits per heavy atom. The predicted molar refractivity (Wildman–Crippen MR) is 131 cm³/mol. The number of carboxylic acid groups (broad SMARTS) is 1. The molecule has 0 aliphatic carbocycles. The van der Waals surface area contributed by atoms with Crippen molar-refractivity contribution in [2.75, 3.05) is 0 Å². The van der Waals surface area contributed by atoms with Gasteiger partial charge in [0, 0.05) is 28.7 Å². The van der Waals surface area contributed by atoms with Crippen molar-refractivity contribution in [2.45, 2.75) is 39.8 Å². The van der Waals surface area contributed by atoms with Crippen LogP contribution < -0.4 is 5.73 Å². The van der Waals surface area contributed by atoms with Gasteiger partial charge in [-0.3, -0.25) is 0 Å². The van der Waals surface area contributed by atoms with E-state index < -0.39 is 11.5 Å². The van der Waals surface area contributed by atoms with Crippen LogP contribution in [0.5, 0.6) is 0 Å². The van der Waals surface area contributed by atoms with Gasteiger partial charge in [0.2, 0.25) is 0 Å². The molecule has 0 radical (unpaired) electrons. The number of fused-ring (bicyclic) bond motifs is 1. The molecule has 0 atom stereocenters.